The number of hydrogen-bond acceptors (Lipinski definition) is 5. The Morgan fingerprint density at radius 1 is 1.07 bits per heavy atom. The molecule has 7 heteroatoms. The minimum Gasteiger partial charge on any atom is -0.497 e. The summed E-state index contributed by atoms with van der Waals surface area (Å²) in [4.78, 5) is 17.3. The van der Waals surface area contributed by atoms with Crippen molar-refractivity contribution in [1.29, 1.82) is 0 Å². The zero-order valence-electron chi connectivity index (χ0n) is 17.7. The van der Waals surface area contributed by atoms with Crippen molar-refractivity contribution in [2.75, 3.05) is 20.8 Å². The lowest BCUT2D eigenvalue weighted by molar-refractivity contribution is -0.121. The van der Waals surface area contributed by atoms with E-state index in [0.717, 1.165) is 16.9 Å². The smallest absolute Gasteiger partial charge is 0.225 e. The minimum atomic E-state index is -0.454. The van der Waals surface area contributed by atoms with Gasteiger partial charge >= 0.3 is 0 Å². The highest BCUT2D eigenvalue weighted by atomic mass is 16.5. The number of nitrogens with zero attached hydrogens (tertiary/aromatic N) is 2. The van der Waals surface area contributed by atoms with Crippen LogP contribution in [0.2, 0.25) is 0 Å². The highest BCUT2D eigenvalue weighted by Crippen LogP contribution is 2.29. The fraction of sp³-hybridized carbons (Fsp3) is 0.304. The van der Waals surface area contributed by atoms with Crippen LogP contribution in [0.4, 0.5) is 0 Å². The molecule has 0 aliphatic rings. The molecule has 0 bridgehead atoms. The molecule has 158 valence electrons. The lowest BCUT2D eigenvalue weighted by atomic mass is 10.0. The number of methoxy groups -OCH3 is 2. The number of aromatic nitrogens is 2. The van der Waals surface area contributed by atoms with Gasteiger partial charge in [0, 0.05) is 25.5 Å². The number of amides is 1. The van der Waals surface area contributed by atoms with Crippen LogP contribution >= 0.6 is 0 Å². The van der Waals surface area contributed by atoms with Gasteiger partial charge < -0.3 is 24.1 Å². The first-order valence-electron chi connectivity index (χ1n) is 9.75. The molecule has 1 amide bonds. The summed E-state index contributed by atoms with van der Waals surface area (Å²) < 4.78 is 18.1. The van der Waals surface area contributed by atoms with Crippen LogP contribution < -0.4 is 19.5 Å². The zero-order chi connectivity index (χ0) is 21.5. The van der Waals surface area contributed by atoms with E-state index in [-0.39, 0.29) is 12.3 Å². The van der Waals surface area contributed by atoms with Crippen molar-refractivity contribution in [3.8, 4) is 17.2 Å². The van der Waals surface area contributed by atoms with Gasteiger partial charge in [0.1, 0.15) is 29.1 Å². The van der Waals surface area contributed by atoms with E-state index < -0.39 is 6.04 Å². The van der Waals surface area contributed by atoms with Crippen LogP contribution in [-0.2, 0) is 18.3 Å². The average Bonchev–Trinajstić information content (AvgIpc) is 3.18. The Hall–Kier alpha value is -3.48. The third-order valence-electron chi connectivity index (χ3n) is 4.73. The van der Waals surface area contributed by atoms with Gasteiger partial charge in [-0.25, -0.2) is 4.98 Å². The van der Waals surface area contributed by atoms with Crippen LogP contribution in [0.5, 0.6) is 17.2 Å². The van der Waals surface area contributed by atoms with Crippen LogP contribution in [0.3, 0.4) is 0 Å². The molecular formula is C23H27N3O4. The summed E-state index contributed by atoms with van der Waals surface area (Å²) in [6.45, 7) is 2.54. The van der Waals surface area contributed by atoms with Gasteiger partial charge in [-0.15, -0.1) is 0 Å². The Balaban J connectivity index is 1.85. The van der Waals surface area contributed by atoms with E-state index in [4.69, 9.17) is 14.2 Å². The number of imidazole rings is 1. The molecule has 3 aromatic rings. The molecule has 3 rings (SSSR count). The monoisotopic (exact) mass is 409 g/mol. The van der Waals surface area contributed by atoms with Gasteiger partial charge in [-0.3, -0.25) is 4.79 Å². The maximum atomic E-state index is 12.9. The molecule has 0 spiro atoms. The molecule has 7 nitrogen and oxygen atoms in total. The molecule has 0 saturated heterocycles. The summed E-state index contributed by atoms with van der Waals surface area (Å²) in [6.07, 6.45) is 3.80. The number of carbonyl (C=O) groups excluding carboxylic acids is 1. The van der Waals surface area contributed by atoms with Gasteiger partial charge in [-0.1, -0.05) is 12.1 Å². The first kappa shape index (κ1) is 21.2. The number of rotatable bonds is 9. The highest BCUT2D eigenvalue weighted by Gasteiger charge is 2.22. The van der Waals surface area contributed by atoms with Crippen molar-refractivity contribution in [3.63, 3.8) is 0 Å². The van der Waals surface area contributed by atoms with E-state index in [9.17, 15) is 4.79 Å². The number of hydrogen-bond donors (Lipinski definition) is 1. The normalized spacial score (nSPS) is 11.6. The van der Waals surface area contributed by atoms with Gasteiger partial charge in [0.2, 0.25) is 5.91 Å². The number of nitrogens with one attached hydrogen (secondary N) is 1. The minimum absolute atomic E-state index is 0.117. The predicted octanol–water partition coefficient (Wildman–Crippen LogP) is 3.28. The SMILES string of the molecule is CCOc1ccc(CC(=O)N[C@H](c2cc(OC)cc(OC)c2)c2nccn2C)cc1. The van der Waals surface area contributed by atoms with Crippen molar-refractivity contribution >= 4 is 5.91 Å². The standard InChI is InChI=1S/C23H27N3O4/c1-5-30-18-8-6-16(7-9-18)12-21(27)25-22(23-24-10-11-26(23)2)17-13-19(28-3)15-20(14-17)29-4/h6-11,13-15,22H,5,12H2,1-4H3,(H,25,27)/t22-/m1/s1. The highest BCUT2D eigenvalue weighted by molar-refractivity contribution is 5.79. The van der Waals surface area contributed by atoms with Crippen molar-refractivity contribution in [1.82, 2.24) is 14.9 Å². The molecule has 0 radical (unpaired) electrons. The summed E-state index contributed by atoms with van der Waals surface area (Å²) in [5.41, 5.74) is 1.72. The zero-order valence-corrected chi connectivity index (χ0v) is 17.7. The van der Waals surface area contributed by atoms with E-state index in [1.807, 2.05) is 61.1 Å². The van der Waals surface area contributed by atoms with Crippen LogP contribution in [0.1, 0.15) is 29.9 Å². The summed E-state index contributed by atoms with van der Waals surface area (Å²) in [6, 6.07) is 12.6. The van der Waals surface area contributed by atoms with E-state index in [1.165, 1.54) is 0 Å². The van der Waals surface area contributed by atoms with Crippen molar-refractivity contribution in [2.24, 2.45) is 7.05 Å². The molecule has 1 atom stereocenters. The topological polar surface area (TPSA) is 74.6 Å². The molecular weight excluding hydrogens is 382 g/mol. The van der Waals surface area contributed by atoms with Crippen LogP contribution in [-0.4, -0.2) is 36.3 Å². The Morgan fingerprint density at radius 2 is 1.73 bits per heavy atom. The molecule has 0 unspecified atom stereocenters. The number of carbonyl (C=O) groups is 1. The number of aryl methyl sites for hydroxylation is 1. The Morgan fingerprint density at radius 3 is 2.27 bits per heavy atom. The summed E-state index contributed by atoms with van der Waals surface area (Å²) >= 11 is 0. The van der Waals surface area contributed by atoms with Crippen molar-refractivity contribution < 1.29 is 19.0 Å². The molecule has 1 aromatic heterocycles. The molecule has 30 heavy (non-hydrogen) atoms. The fourth-order valence-corrected chi connectivity index (χ4v) is 3.22. The van der Waals surface area contributed by atoms with E-state index in [1.54, 1.807) is 26.5 Å². The third kappa shape index (κ3) is 5.11. The molecule has 1 heterocycles. The Bertz CT molecular complexity index is 960. The second-order valence-corrected chi connectivity index (χ2v) is 6.80. The molecule has 0 fully saturated rings. The summed E-state index contributed by atoms with van der Waals surface area (Å²) in [7, 11) is 5.09. The average molecular weight is 409 g/mol. The first-order chi connectivity index (χ1) is 14.5. The van der Waals surface area contributed by atoms with Gasteiger partial charge in [-0.05, 0) is 42.3 Å². The fourth-order valence-electron chi connectivity index (χ4n) is 3.22. The van der Waals surface area contributed by atoms with Gasteiger partial charge in [0.15, 0.2) is 0 Å². The van der Waals surface area contributed by atoms with Gasteiger partial charge in [0.25, 0.3) is 0 Å². The Labute approximate surface area is 176 Å². The predicted molar refractivity (Wildman–Crippen MR) is 114 cm³/mol. The van der Waals surface area contributed by atoms with Crippen LogP contribution in [0.25, 0.3) is 0 Å². The molecule has 0 aliphatic carbocycles. The number of ether oxygens (including phenoxy) is 3. The quantitative estimate of drug-likeness (QED) is 0.587. The second kappa shape index (κ2) is 9.82. The first-order valence-corrected chi connectivity index (χ1v) is 9.75. The summed E-state index contributed by atoms with van der Waals surface area (Å²) in [5, 5.41) is 3.10. The summed E-state index contributed by atoms with van der Waals surface area (Å²) in [5.74, 6) is 2.67. The van der Waals surface area contributed by atoms with E-state index >= 15 is 0 Å². The van der Waals surface area contributed by atoms with E-state index in [2.05, 4.69) is 10.3 Å². The molecule has 0 aliphatic heterocycles. The van der Waals surface area contributed by atoms with Crippen molar-refractivity contribution in [3.05, 3.63) is 71.8 Å². The van der Waals surface area contributed by atoms with E-state index in [0.29, 0.717) is 23.9 Å². The van der Waals surface area contributed by atoms with Crippen molar-refractivity contribution in [2.45, 2.75) is 19.4 Å². The van der Waals surface area contributed by atoms with Crippen LogP contribution in [0.15, 0.2) is 54.9 Å². The van der Waals surface area contributed by atoms with Crippen LogP contribution in [0, 0.1) is 0 Å². The number of benzene rings is 2. The van der Waals surface area contributed by atoms with Gasteiger partial charge in [0.05, 0.1) is 27.2 Å². The maximum absolute atomic E-state index is 12.9. The molecule has 0 saturated carbocycles. The van der Waals surface area contributed by atoms with Gasteiger partial charge in [-0.2, -0.15) is 0 Å². The maximum Gasteiger partial charge on any atom is 0.225 e. The second-order valence-electron chi connectivity index (χ2n) is 6.80. The third-order valence-corrected chi connectivity index (χ3v) is 4.73. The largest absolute Gasteiger partial charge is 0.497 e. The lowest BCUT2D eigenvalue weighted by Gasteiger charge is -2.20. The lowest BCUT2D eigenvalue weighted by Crippen LogP contribution is -2.32. The Kier molecular flexibility index (Phi) is 6.95. The molecule has 2 aromatic carbocycles. The molecule has 1 N–H and O–H groups in total.